The molecule has 2 rings (SSSR count). The zero-order valence-corrected chi connectivity index (χ0v) is 12.1. The quantitative estimate of drug-likeness (QED) is 0.924. The van der Waals surface area contributed by atoms with Crippen molar-refractivity contribution >= 4 is 11.8 Å². The first-order valence-corrected chi connectivity index (χ1v) is 6.82. The molecule has 0 amide bonds. The maximum absolute atomic E-state index is 5.81. The normalized spacial score (nSPS) is 10.9. The minimum absolute atomic E-state index is 0.535. The molecule has 18 heavy (non-hydrogen) atoms. The molecule has 0 spiro atoms. The lowest BCUT2D eigenvalue weighted by molar-refractivity contribution is 0.688. The third kappa shape index (κ3) is 2.44. The van der Waals surface area contributed by atoms with Crippen LogP contribution in [0.1, 0.15) is 22.4 Å². The minimum Gasteiger partial charge on any atom is -0.326 e. The molecule has 0 atom stereocenters. The molecule has 3 nitrogen and oxygen atoms in total. The molecule has 1 aromatic heterocycles. The summed E-state index contributed by atoms with van der Waals surface area (Å²) < 4.78 is 1.91. The van der Waals surface area contributed by atoms with Gasteiger partial charge in [-0.25, -0.2) is 0 Å². The third-order valence-corrected chi connectivity index (χ3v) is 4.38. The Hall–Kier alpha value is -1.26. The number of benzene rings is 1. The molecule has 0 radical (unpaired) electrons. The zero-order valence-electron chi connectivity index (χ0n) is 11.3. The number of rotatable bonds is 3. The van der Waals surface area contributed by atoms with Gasteiger partial charge in [-0.15, -0.1) is 0 Å². The van der Waals surface area contributed by atoms with E-state index in [9.17, 15) is 0 Å². The van der Waals surface area contributed by atoms with Crippen molar-refractivity contribution in [3.8, 4) is 0 Å². The molecule has 96 valence electrons. The molecule has 1 aromatic carbocycles. The monoisotopic (exact) mass is 261 g/mol. The van der Waals surface area contributed by atoms with Crippen LogP contribution in [0.5, 0.6) is 0 Å². The molecule has 2 N–H and O–H groups in total. The third-order valence-electron chi connectivity index (χ3n) is 3.19. The smallest absolute Gasteiger partial charge is 0.103 e. The Balaban J connectivity index is 2.36. The lowest BCUT2D eigenvalue weighted by Gasteiger charge is -2.07. The highest BCUT2D eigenvalue weighted by Crippen LogP contribution is 2.32. The Kier molecular flexibility index (Phi) is 3.78. The summed E-state index contributed by atoms with van der Waals surface area (Å²) in [6.07, 6.45) is 0. The number of aromatic nitrogens is 2. The molecule has 0 aliphatic rings. The topological polar surface area (TPSA) is 43.8 Å². The summed E-state index contributed by atoms with van der Waals surface area (Å²) in [5.41, 5.74) is 10.6. The summed E-state index contributed by atoms with van der Waals surface area (Å²) in [4.78, 5) is 1.23. The Morgan fingerprint density at radius 1 is 1.22 bits per heavy atom. The van der Waals surface area contributed by atoms with Gasteiger partial charge in [0.25, 0.3) is 0 Å². The average Bonchev–Trinajstić information content (AvgIpc) is 2.58. The van der Waals surface area contributed by atoms with Crippen LogP contribution in [0.2, 0.25) is 0 Å². The van der Waals surface area contributed by atoms with Crippen LogP contribution in [0.3, 0.4) is 0 Å². The number of hydrogen-bond acceptors (Lipinski definition) is 3. The largest absolute Gasteiger partial charge is 0.326 e. The molecular formula is C14H19N3S. The molecule has 4 heteroatoms. The first kappa shape index (κ1) is 13.2. The number of nitrogens with two attached hydrogens (primary N) is 1. The van der Waals surface area contributed by atoms with E-state index >= 15 is 0 Å². The Morgan fingerprint density at radius 2 is 1.94 bits per heavy atom. The zero-order chi connectivity index (χ0) is 13.3. The number of hydrogen-bond donors (Lipinski definition) is 1. The van der Waals surface area contributed by atoms with E-state index in [0.29, 0.717) is 6.54 Å². The molecule has 0 unspecified atom stereocenters. The Bertz CT molecular complexity index is 573. The van der Waals surface area contributed by atoms with Gasteiger partial charge < -0.3 is 5.73 Å². The lowest BCUT2D eigenvalue weighted by Crippen LogP contribution is -1.99. The molecule has 0 fully saturated rings. The van der Waals surface area contributed by atoms with Crippen molar-refractivity contribution in [2.24, 2.45) is 12.8 Å². The van der Waals surface area contributed by atoms with Gasteiger partial charge in [0.1, 0.15) is 5.03 Å². The predicted molar refractivity (Wildman–Crippen MR) is 75.9 cm³/mol. The van der Waals surface area contributed by atoms with E-state index in [2.05, 4.69) is 37.1 Å². The average molecular weight is 261 g/mol. The predicted octanol–water partition coefficient (Wildman–Crippen LogP) is 2.96. The van der Waals surface area contributed by atoms with Crippen molar-refractivity contribution < 1.29 is 0 Å². The summed E-state index contributed by atoms with van der Waals surface area (Å²) in [5.74, 6) is 0. The molecule has 0 saturated carbocycles. The van der Waals surface area contributed by atoms with Gasteiger partial charge in [-0.2, -0.15) is 5.10 Å². The van der Waals surface area contributed by atoms with Crippen LogP contribution in [0.15, 0.2) is 28.1 Å². The number of nitrogens with zero attached hydrogens (tertiary/aromatic N) is 2. The van der Waals surface area contributed by atoms with Gasteiger partial charge in [-0.3, -0.25) is 4.68 Å². The van der Waals surface area contributed by atoms with Gasteiger partial charge in [0.2, 0.25) is 0 Å². The van der Waals surface area contributed by atoms with Crippen LogP contribution < -0.4 is 5.73 Å². The molecule has 0 saturated heterocycles. The Labute approximate surface area is 112 Å². The van der Waals surface area contributed by atoms with Crippen LogP contribution >= 0.6 is 11.8 Å². The second-order valence-corrected chi connectivity index (χ2v) is 5.61. The maximum Gasteiger partial charge on any atom is 0.103 e. The molecular weight excluding hydrogens is 242 g/mol. The summed E-state index contributed by atoms with van der Waals surface area (Å²) in [5, 5.41) is 5.57. The highest BCUT2D eigenvalue weighted by atomic mass is 32.2. The van der Waals surface area contributed by atoms with Crippen LogP contribution in [0.4, 0.5) is 0 Å². The summed E-state index contributed by atoms with van der Waals surface area (Å²) >= 11 is 1.73. The van der Waals surface area contributed by atoms with E-state index in [1.165, 1.54) is 16.0 Å². The van der Waals surface area contributed by atoms with Gasteiger partial charge >= 0.3 is 0 Å². The molecule has 2 aromatic rings. The van der Waals surface area contributed by atoms with Crippen LogP contribution in [0.25, 0.3) is 0 Å². The number of aryl methyl sites for hydroxylation is 4. The van der Waals surface area contributed by atoms with Gasteiger partial charge in [0.15, 0.2) is 0 Å². The van der Waals surface area contributed by atoms with Crippen LogP contribution in [-0.2, 0) is 13.6 Å². The highest BCUT2D eigenvalue weighted by molar-refractivity contribution is 7.99. The first-order chi connectivity index (χ1) is 8.52. The lowest BCUT2D eigenvalue weighted by atomic mass is 10.1. The van der Waals surface area contributed by atoms with Crippen molar-refractivity contribution in [2.75, 3.05) is 0 Å². The van der Waals surface area contributed by atoms with Crippen LogP contribution in [-0.4, -0.2) is 9.78 Å². The van der Waals surface area contributed by atoms with E-state index in [-0.39, 0.29) is 0 Å². The SMILES string of the molecule is Cc1ccc(Sc2c(CN)c(C)nn2C)cc1C. The van der Waals surface area contributed by atoms with E-state index < -0.39 is 0 Å². The van der Waals surface area contributed by atoms with Crippen molar-refractivity contribution in [3.05, 3.63) is 40.6 Å². The second-order valence-electron chi connectivity index (χ2n) is 4.54. The van der Waals surface area contributed by atoms with Crippen LogP contribution in [0, 0.1) is 20.8 Å². The van der Waals surface area contributed by atoms with Crippen molar-refractivity contribution in [3.63, 3.8) is 0 Å². The van der Waals surface area contributed by atoms with Crippen molar-refractivity contribution in [1.82, 2.24) is 9.78 Å². The van der Waals surface area contributed by atoms with Crippen molar-refractivity contribution in [1.29, 1.82) is 0 Å². The van der Waals surface area contributed by atoms with Crippen molar-refractivity contribution in [2.45, 2.75) is 37.2 Å². The fourth-order valence-corrected chi connectivity index (χ4v) is 3.05. The molecule has 0 bridgehead atoms. The van der Waals surface area contributed by atoms with Gasteiger partial charge in [0.05, 0.1) is 5.69 Å². The second kappa shape index (κ2) is 5.16. The molecule has 0 aliphatic heterocycles. The highest BCUT2D eigenvalue weighted by Gasteiger charge is 2.13. The minimum atomic E-state index is 0.535. The molecule has 0 aliphatic carbocycles. The van der Waals surface area contributed by atoms with E-state index in [1.807, 2.05) is 18.7 Å². The van der Waals surface area contributed by atoms with E-state index in [4.69, 9.17) is 5.73 Å². The first-order valence-electron chi connectivity index (χ1n) is 6.00. The summed E-state index contributed by atoms with van der Waals surface area (Å²) in [6, 6.07) is 6.52. The maximum atomic E-state index is 5.81. The fraction of sp³-hybridized carbons (Fsp3) is 0.357. The molecule has 1 heterocycles. The standard InChI is InChI=1S/C14H19N3S/c1-9-5-6-12(7-10(9)2)18-14-13(8-15)11(3)16-17(14)4/h5-7H,8,15H2,1-4H3. The summed E-state index contributed by atoms with van der Waals surface area (Å²) in [6.45, 7) is 6.81. The fourth-order valence-electron chi connectivity index (χ4n) is 1.93. The Morgan fingerprint density at radius 3 is 2.56 bits per heavy atom. The van der Waals surface area contributed by atoms with Gasteiger partial charge in [0, 0.05) is 24.1 Å². The summed E-state index contributed by atoms with van der Waals surface area (Å²) in [7, 11) is 1.97. The van der Waals surface area contributed by atoms with E-state index in [1.54, 1.807) is 11.8 Å². The van der Waals surface area contributed by atoms with E-state index in [0.717, 1.165) is 16.3 Å². The van der Waals surface area contributed by atoms with Gasteiger partial charge in [-0.05, 0) is 44.0 Å². The van der Waals surface area contributed by atoms with Gasteiger partial charge in [-0.1, -0.05) is 17.8 Å².